The predicted octanol–water partition coefficient (Wildman–Crippen LogP) is 1.39. The Balaban J connectivity index is 2.16. The van der Waals surface area contributed by atoms with Crippen LogP contribution in [0.2, 0.25) is 0 Å². The maximum atomic E-state index is 13.4. The number of hydrogen-bond acceptors (Lipinski definition) is 4. The van der Waals surface area contributed by atoms with Gasteiger partial charge in [-0.2, -0.15) is 11.8 Å². The van der Waals surface area contributed by atoms with Crippen molar-refractivity contribution in [1.29, 1.82) is 0 Å². The highest BCUT2D eigenvalue weighted by Gasteiger charge is 2.25. The molecule has 0 amide bonds. The Kier molecular flexibility index (Phi) is 4.01. The third-order valence-corrected chi connectivity index (χ3v) is 5.02. The fourth-order valence-electron chi connectivity index (χ4n) is 1.66. The van der Waals surface area contributed by atoms with Crippen molar-refractivity contribution in [2.45, 2.75) is 23.9 Å². The molecule has 17 heavy (non-hydrogen) atoms. The van der Waals surface area contributed by atoms with Crippen LogP contribution in [0, 0.1) is 5.82 Å². The van der Waals surface area contributed by atoms with E-state index in [2.05, 4.69) is 9.71 Å². The monoisotopic (exact) mass is 276 g/mol. The summed E-state index contributed by atoms with van der Waals surface area (Å²) in [4.78, 5) is 3.58. The smallest absolute Gasteiger partial charge is 0.241 e. The van der Waals surface area contributed by atoms with E-state index in [0.29, 0.717) is 0 Å². The van der Waals surface area contributed by atoms with Crippen molar-refractivity contribution in [3.63, 3.8) is 0 Å². The fraction of sp³-hybridized carbons (Fsp3) is 0.500. The molecule has 1 N–H and O–H groups in total. The van der Waals surface area contributed by atoms with Gasteiger partial charge in [-0.1, -0.05) is 0 Å². The van der Waals surface area contributed by atoms with E-state index in [1.165, 1.54) is 12.3 Å². The third-order valence-electron chi connectivity index (χ3n) is 2.52. The van der Waals surface area contributed by atoms with Crippen LogP contribution in [0.25, 0.3) is 0 Å². The normalized spacial score (nSPS) is 18.2. The van der Waals surface area contributed by atoms with E-state index in [-0.39, 0.29) is 6.04 Å². The maximum Gasteiger partial charge on any atom is 0.261 e. The van der Waals surface area contributed by atoms with Crippen molar-refractivity contribution in [3.8, 4) is 0 Å². The molecular formula is C10H13FN2O2S2. The summed E-state index contributed by atoms with van der Waals surface area (Å²) < 4.78 is 39.7. The molecule has 2 rings (SSSR count). The minimum atomic E-state index is -3.84. The summed E-state index contributed by atoms with van der Waals surface area (Å²) in [7, 11) is -3.84. The zero-order valence-electron chi connectivity index (χ0n) is 9.10. The van der Waals surface area contributed by atoms with Crippen molar-refractivity contribution < 1.29 is 12.8 Å². The van der Waals surface area contributed by atoms with Gasteiger partial charge in [0.25, 0.3) is 10.0 Å². The Morgan fingerprint density at radius 3 is 2.76 bits per heavy atom. The molecule has 0 aliphatic carbocycles. The molecule has 4 nitrogen and oxygen atoms in total. The van der Waals surface area contributed by atoms with Crippen LogP contribution in [0.3, 0.4) is 0 Å². The van der Waals surface area contributed by atoms with Crippen molar-refractivity contribution in [2.24, 2.45) is 0 Å². The topological polar surface area (TPSA) is 59.1 Å². The van der Waals surface area contributed by atoms with E-state index in [1.807, 2.05) is 0 Å². The maximum absolute atomic E-state index is 13.4. The molecule has 1 fully saturated rings. The summed E-state index contributed by atoms with van der Waals surface area (Å²) in [5, 5.41) is -0.516. The van der Waals surface area contributed by atoms with Gasteiger partial charge >= 0.3 is 0 Å². The van der Waals surface area contributed by atoms with Crippen LogP contribution in [0.15, 0.2) is 23.4 Å². The van der Waals surface area contributed by atoms with Gasteiger partial charge in [0, 0.05) is 12.2 Å². The van der Waals surface area contributed by atoms with Gasteiger partial charge in [0.15, 0.2) is 5.82 Å². The van der Waals surface area contributed by atoms with Gasteiger partial charge in [0.05, 0.1) is 0 Å². The van der Waals surface area contributed by atoms with E-state index in [4.69, 9.17) is 0 Å². The molecule has 1 aliphatic heterocycles. The second kappa shape index (κ2) is 5.32. The van der Waals surface area contributed by atoms with Crippen LogP contribution in [0.5, 0.6) is 0 Å². The summed E-state index contributed by atoms with van der Waals surface area (Å²) in [5.74, 6) is 1.04. The molecule has 1 saturated heterocycles. The molecule has 0 spiro atoms. The van der Waals surface area contributed by atoms with E-state index >= 15 is 0 Å². The molecule has 0 saturated carbocycles. The summed E-state index contributed by atoms with van der Waals surface area (Å²) >= 11 is 1.80. The lowest BCUT2D eigenvalue weighted by molar-refractivity contribution is 0.512. The van der Waals surface area contributed by atoms with Gasteiger partial charge in [-0.3, -0.25) is 0 Å². The lowest BCUT2D eigenvalue weighted by atomic mass is 10.2. The van der Waals surface area contributed by atoms with Crippen molar-refractivity contribution >= 4 is 21.8 Å². The molecular weight excluding hydrogens is 263 g/mol. The fourth-order valence-corrected chi connectivity index (χ4v) is 4.08. The van der Waals surface area contributed by atoms with E-state index < -0.39 is 20.9 Å². The number of sulfonamides is 1. The van der Waals surface area contributed by atoms with Crippen LogP contribution < -0.4 is 4.72 Å². The first-order valence-corrected chi connectivity index (χ1v) is 7.94. The van der Waals surface area contributed by atoms with Crippen LogP contribution in [0.4, 0.5) is 4.39 Å². The molecule has 2 heterocycles. The second-order valence-corrected chi connectivity index (χ2v) is 6.65. The number of nitrogens with one attached hydrogen (secondary N) is 1. The molecule has 0 radical (unpaired) electrons. The Morgan fingerprint density at radius 2 is 2.12 bits per heavy atom. The third kappa shape index (κ3) is 3.17. The number of halogens is 1. The average molecular weight is 276 g/mol. The number of rotatable bonds is 3. The first-order valence-electron chi connectivity index (χ1n) is 5.30. The van der Waals surface area contributed by atoms with Gasteiger partial charge in [0.1, 0.15) is 0 Å². The zero-order chi connectivity index (χ0) is 12.3. The van der Waals surface area contributed by atoms with Gasteiger partial charge < -0.3 is 0 Å². The van der Waals surface area contributed by atoms with E-state index in [9.17, 15) is 12.8 Å². The van der Waals surface area contributed by atoms with Crippen LogP contribution in [0.1, 0.15) is 12.8 Å². The molecule has 0 unspecified atom stereocenters. The molecule has 1 aliphatic rings. The Labute approximate surface area is 104 Å². The number of nitrogens with zero attached hydrogens (tertiary/aromatic N) is 1. The molecule has 0 bridgehead atoms. The first kappa shape index (κ1) is 12.8. The molecule has 1 aromatic rings. The minimum Gasteiger partial charge on any atom is -0.241 e. The van der Waals surface area contributed by atoms with Gasteiger partial charge in [-0.05, 0) is 36.5 Å². The van der Waals surface area contributed by atoms with Crippen LogP contribution in [-0.4, -0.2) is 30.9 Å². The van der Waals surface area contributed by atoms with Gasteiger partial charge in [-0.25, -0.2) is 22.5 Å². The van der Waals surface area contributed by atoms with E-state index in [0.717, 1.165) is 30.4 Å². The molecule has 94 valence electrons. The molecule has 7 heteroatoms. The summed E-state index contributed by atoms with van der Waals surface area (Å²) in [6, 6.07) is 2.35. The lowest BCUT2D eigenvalue weighted by Crippen LogP contribution is -2.38. The highest BCUT2D eigenvalue weighted by atomic mass is 32.2. The highest BCUT2D eigenvalue weighted by molar-refractivity contribution is 7.99. The number of thioether (sulfide) groups is 1. The zero-order valence-corrected chi connectivity index (χ0v) is 10.7. The largest absolute Gasteiger partial charge is 0.261 e. The first-order chi connectivity index (χ1) is 8.09. The lowest BCUT2D eigenvalue weighted by Gasteiger charge is -2.22. The van der Waals surface area contributed by atoms with Gasteiger partial charge in [-0.15, -0.1) is 0 Å². The minimum absolute atomic E-state index is 0.109. The van der Waals surface area contributed by atoms with Crippen LogP contribution >= 0.6 is 11.8 Å². The Morgan fingerprint density at radius 1 is 1.41 bits per heavy atom. The van der Waals surface area contributed by atoms with Crippen molar-refractivity contribution in [3.05, 3.63) is 24.1 Å². The van der Waals surface area contributed by atoms with Crippen molar-refractivity contribution in [1.82, 2.24) is 9.71 Å². The van der Waals surface area contributed by atoms with Gasteiger partial charge in [0.2, 0.25) is 5.03 Å². The van der Waals surface area contributed by atoms with Crippen LogP contribution in [-0.2, 0) is 10.0 Å². The summed E-state index contributed by atoms with van der Waals surface area (Å²) in [6.45, 7) is 0. The van der Waals surface area contributed by atoms with E-state index in [1.54, 1.807) is 11.8 Å². The summed E-state index contributed by atoms with van der Waals surface area (Å²) in [6.07, 6.45) is 2.82. The molecule has 1 aromatic heterocycles. The second-order valence-electron chi connectivity index (χ2n) is 3.80. The standard InChI is InChI=1S/C10H13FN2O2S2/c11-9-2-1-5-12-10(9)17(14,15)13-8-3-6-16-7-4-8/h1-2,5,8,13H,3-4,6-7H2. The quantitative estimate of drug-likeness (QED) is 0.906. The average Bonchev–Trinajstić information content (AvgIpc) is 2.30. The highest BCUT2D eigenvalue weighted by Crippen LogP contribution is 2.19. The number of pyridine rings is 1. The SMILES string of the molecule is O=S(=O)(NC1CCSCC1)c1ncccc1F. The summed E-state index contributed by atoms with van der Waals surface area (Å²) in [5.41, 5.74) is 0. The number of hydrogen-bond donors (Lipinski definition) is 1. The Hall–Kier alpha value is -0.660. The molecule has 0 aromatic carbocycles. The van der Waals surface area contributed by atoms with Crippen molar-refractivity contribution in [2.75, 3.05) is 11.5 Å². The predicted molar refractivity (Wildman–Crippen MR) is 64.9 cm³/mol. The number of aromatic nitrogens is 1. The molecule has 0 atom stereocenters. The Bertz CT molecular complexity index is 487.